The van der Waals surface area contributed by atoms with Crippen molar-refractivity contribution < 1.29 is 9.90 Å². The molecule has 0 unspecified atom stereocenters. The molecule has 0 atom stereocenters. The third-order valence-electron chi connectivity index (χ3n) is 1.61. The van der Waals surface area contributed by atoms with Gasteiger partial charge in [0.25, 0.3) is 0 Å². The molecule has 0 rings (SSSR count). The highest BCUT2D eigenvalue weighted by atomic mass is 16.4. The number of hydrogen-bond acceptors (Lipinski definition) is 1. The second-order valence-electron chi connectivity index (χ2n) is 3.39. The number of carbonyl (C=O) groups is 1. The summed E-state index contributed by atoms with van der Waals surface area (Å²) >= 11 is 0. The minimum atomic E-state index is -0.755. The van der Waals surface area contributed by atoms with Gasteiger partial charge in [-0.05, 0) is 18.8 Å². The maximum Gasteiger partial charge on any atom is 0.307 e. The number of hydrogen-bond donors (Lipinski definition) is 1. The van der Waals surface area contributed by atoms with Crippen molar-refractivity contribution in [2.45, 2.75) is 39.5 Å². The normalized spacial score (nSPS) is 11.2. The fourth-order valence-corrected chi connectivity index (χ4v) is 0.946. The van der Waals surface area contributed by atoms with E-state index in [2.05, 4.69) is 13.8 Å². The lowest BCUT2D eigenvalue weighted by atomic mass is 10.1. The van der Waals surface area contributed by atoms with E-state index in [1.54, 1.807) is 6.08 Å². The minimum absolute atomic E-state index is 0.154. The summed E-state index contributed by atoms with van der Waals surface area (Å²) in [6.45, 7) is 4.39. The molecular formula is C10H18O2. The fraction of sp³-hybridized carbons (Fsp3) is 0.700. The van der Waals surface area contributed by atoms with Crippen molar-refractivity contribution in [2.24, 2.45) is 5.92 Å². The van der Waals surface area contributed by atoms with E-state index in [1.165, 1.54) is 6.42 Å². The first-order valence-corrected chi connectivity index (χ1v) is 4.49. The Balaban J connectivity index is 3.19. The standard InChI is InChI=1S/C10H18O2/c1-9(2)7-5-3-4-6-8-10(11)12/h4,6,9H,3,5,7-8H2,1-2H3,(H,11,12)/b6-4+. The predicted molar refractivity (Wildman–Crippen MR) is 50.1 cm³/mol. The molecule has 0 heterocycles. The Hall–Kier alpha value is -0.790. The van der Waals surface area contributed by atoms with E-state index in [0.29, 0.717) is 0 Å². The van der Waals surface area contributed by atoms with Gasteiger partial charge in [0.15, 0.2) is 0 Å². The first kappa shape index (κ1) is 11.2. The minimum Gasteiger partial charge on any atom is -0.481 e. The number of aliphatic carboxylic acids is 1. The Kier molecular flexibility index (Phi) is 6.44. The van der Waals surface area contributed by atoms with Crippen molar-refractivity contribution in [1.82, 2.24) is 0 Å². The van der Waals surface area contributed by atoms with Crippen LogP contribution in [-0.2, 0) is 4.79 Å². The smallest absolute Gasteiger partial charge is 0.307 e. The quantitative estimate of drug-likeness (QED) is 0.491. The van der Waals surface area contributed by atoms with Gasteiger partial charge in [0.1, 0.15) is 0 Å². The van der Waals surface area contributed by atoms with E-state index in [0.717, 1.165) is 18.8 Å². The van der Waals surface area contributed by atoms with Gasteiger partial charge in [-0.25, -0.2) is 0 Å². The molecule has 0 aliphatic heterocycles. The Labute approximate surface area is 74.3 Å². The summed E-state index contributed by atoms with van der Waals surface area (Å²) in [6.07, 6.45) is 7.22. The lowest BCUT2D eigenvalue weighted by Gasteiger charge is -2.00. The number of rotatable bonds is 6. The molecule has 0 spiro atoms. The van der Waals surface area contributed by atoms with Crippen molar-refractivity contribution in [3.63, 3.8) is 0 Å². The van der Waals surface area contributed by atoms with Crippen LogP contribution in [0.25, 0.3) is 0 Å². The van der Waals surface area contributed by atoms with Crippen molar-refractivity contribution in [1.29, 1.82) is 0 Å². The van der Waals surface area contributed by atoms with E-state index in [4.69, 9.17) is 5.11 Å². The summed E-state index contributed by atoms with van der Waals surface area (Å²) in [7, 11) is 0. The molecule has 0 amide bonds. The zero-order valence-electron chi connectivity index (χ0n) is 7.92. The maximum atomic E-state index is 10.1. The first-order valence-electron chi connectivity index (χ1n) is 4.49. The average Bonchev–Trinajstić information content (AvgIpc) is 1.95. The van der Waals surface area contributed by atoms with Crippen LogP contribution in [0.15, 0.2) is 12.2 Å². The topological polar surface area (TPSA) is 37.3 Å². The van der Waals surface area contributed by atoms with Crippen LogP contribution >= 0.6 is 0 Å². The molecular weight excluding hydrogens is 152 g/mol. The highest BCUT2D eigenvalue weighted by Crippen LogP contribution is 2.06. The molecule has 0 aromatic heterocycles. The number of carboxylic acids is 1. The molecule has 70 valence electrons. The summed E-state index contributed by atoms with van der Waals surface area (Å²) in [5.74, 6) is -0.00650. The van der Waals surface area contributed by atoms with E-state index >= 15 is 0 Å². The summed E-state index contributed by atoms with van der Waals surface area (Å²) in [5.41, 5.74) is 0. The van der Waals surface area contributed by atoms with Gasteiger partial charge in [-0.15, -0.1) is 0 Å². The van der Waals surface area contributed by atoms with Gasteiger partial charge in [0.05, 0.1) is 6.42 Å². The Morgan fingerprint density at radius 3 is 2.58 bits per heavy atom. The SMILES string of the molecule is CC(C)CCC/C=C/CC(=O)O. The number of unbranched alkanes of at least 4 members (excludes halogenated alkanes) is 1. The Morgan fingerprint density at radius 2 is 2.08 bits per heavy atom. The zero-order valence-corrected chi connectivity index (χ0v) is 7.92. The van der Waals surface area contributed by atoms with Gasteiger partial charge in [0, 0.05) is 0 Å². The predicted octanol–water partition coefficient (Wildman–Crippen LogP) is 2.84. The summed E-state index contributed by atoms with van der Waals surface area (Å²) in [5, 5.41) is 8.31. The van der Waals surface area contributed by atoms with Crippen LogP contribution in [0.3, 0.4) is 0 Å². The van der Waals surface area contributed by atoms with Crippen molar-refractivity contribution in [2.75, 3.05) is 0 Å². The van der Waals surface area contributed by atoms with E-state index in [9.17, 15) is 4.79 Å². The number of allylic oxidation sites excluding steroid dienone is 1. The number of carboxylic acid groups (broad SMARTS) is 1. The van der Waals surface area contributed by atoms with Crippen molar-refractivity contribution >= 4 is 5.97 Å². The van der Waals surface area contributed by atoms with Crippen LogP contribution in [0.1, 0.15) is 39.5 Å². The lowest BCUT2D eigenvalue weighted by molar-refractivity contribution is -0.136. The van der Waals surface area contributed by atoms with Crippen molar-refractivity contribution in [3.05, 3.63) is 12.2 Å². The molecule has 0 saturated carbocycles. The average molecular weight is 170 g/mol. The van der Waals surface area contributed by atoms with Gasteiger partial charge in [0.2, 0.25) is 0 Å². The zero-order chi connectivity index (χ0) is 9.40. The summed E-state index contributed by atoms with van der Waals surface area (Å²) in [4.78, 5) is 10.1. The molecule has 2 nitrogen and oxygen atoms in total. The third-order valence-corrected chi connectivity index (χ3v) is 1.61. The van der Waals surface area contributed by atoms with Crippen molar-refractivity contribution in [3.8, 4) is 0 Å². The monoisotopic (exact) mass is 170 g/mol. The largest absolute Gasteiger partial charge is 0.481 e. The molecule has 0 aromatic carbocycles. The van der Waals surface area contributed by atoms with Crippen LogP contribution in [0.4, 0.5) is 0 Å². The van der Waals surface area contributed by atoms with Crippen LogP contribution in [0.2, 0.25) is 0 Å². The van der Waals surface area contributed by atoms with Gasteiger partial charge in [-0.3, -0.25) is 4.79 Å². The summed E-state index contributed by atoms with van der Waals surface area (Å²) < 4.78 is 0. The van der Waals surface area contributed by atoms with Crippen LogP contribution in [0, 0.1) is 5.92 Å². The molecule has 0 saturated heterocycles. The first-order chi connectivity index (χ1) is 5.63. The van der Waals surface area contributed by atoms with Crippen LogP contribution in [0.5, 0.6) is 0 Å². The van der Waals surface area contributed by atoms with E-state index in [-0.39, 0.29) is 6.42 Å². The summed E-state index contributed by atoms with van der Waals surface area (Å²) in [6, 6.07) is 0. The van der Waals surface area contributed by atoms with Gasteiger partial charge in [-0.2, -0.15) is 0 Å². The molecule has 0 aromatic rings. The fourth-order valence-electron chi connectivity index (χ4n) is 0.946. The Bertz CT molecular complexity index is 148. The highest BCUT2D eigenvalue weighted by molar-refractivity contribution is 5.68. The van der Waals surface area contributed by atoms with E-state index in [1.807, 2.05) is 6.08 Å². The highest BCUT2D eigenvalue weighted by Gasteiger charge is 1.92. The molecule has 0 aliphatic rings. The molecule has 0 fully saturated rings. The van der Waals surface area contributed by atoms with Gasteiger partial charge < -0.3 is 5.11 Å². The Morgan fingerprint density at radius 1 is 1.42 bits per heavy atom. The third kappa shape index (κ3) is 9.21. The molecule has 0 aliphatic carbocycles. The van der Waals surface area contributed by atoms with Gasteiger partial charge >= 0.3 is 5.97 Å². The second kappa shape index (κ2) is 6.89. The van der Waals surface area contributed by atoms with Crippen LogP contribution < -0.4 is 0 Å². The molecule has 12 heavy (non-hydrogen) atoms. The molecule has 0 radical (unpaired) electrons. The van der Waals surface area contributed by atoms with Gasteiger partial charge in [-0.1, -0.05) is 32.4 Å². The maximum absolute atomic E-state index is 10.1. The molecule has 2 heteroatoms. The second-order valence-corrected chi connectivity index (χ2v) is 3.39. The van der Waals surface area contributed by atoms with E-state index < -0.39 is 5.97 Å². The lowest BCUT2D eigenvalue weighted by Crippen LogP contribution is -1.90. The van der Waals surface area contributed by atoms with Crippen LogP contribution in [-0.4, -0.2) is 11.1 Å². The molecule has 1 N–H and O–H groups in total. The molecule has 0 bridgehead atoms.